The highest BCUT2D eigenvalue weighted by Gasteiger charge is 2.28. The van der Waals surface area contributed by atoms with Gasteiger partial charge in [-0.2, -0.15) is 0 Å². The lowest BCUT2D eigenvalue weighted by molar-refractivity contribution is 0.151. The fourth-order valence-corrected chi connectivity index (χ4v) is 4.49. The first-order valence-electron chi connectivity index (χ1n) is 10.3. The molecular formula is C20H34N4O2. The molecule has 0 spiro atoms. The predicted molar refractivity (Wildman–Crippen MR) is 102 cm³/mol. The SMILES string of the molecule is CCc1noc(C)c1C(C)N1CCC(NC(=O)NC2CCCCC2)CC1. The molecule has 6 nitrogen and oxygen atoms in total. The summed E-state index contributed by atoms with van der Waals surface area (Å²) in [7, 11) is 0. The van der Waals surface area contributed by atoms with Crippen molar-refractivity contribution in [1.82, 2.24) is 20.7 Å². The first-order chi connectivity index (χ1) is 12.6. The fraction of sp³-hybridized carbons (Fsp3) is 0.800. The van der Waals surface area contributed by atoms with Gasteiger partial charge in [-0.05, 0) is 46.0 Å². The number of aryl methyl sites for hydroxylation is 2. The van der Waals surface area contributed by atoms with Gasteiger partial charge in [0.05, 0.1) is 5.69 Å². The highest BCUT2D eigenvalue weighted by Crippen LogP contribution is 2.29. The summed E-state index contributed by atoms with van der Waals surface area (Å²) >= 11 is 0. The molecule has 146 valence electrons. The zero-order valence-corrected chi connectivity index (χ0v) is 16.5. The van der Waals surface area contributed by atoms with E-state index >= 15 is 0 Å². The van der Waals surface area contributed by atoms with E-state index in [0.29, 0.717) is 12.1 Å². The molecule has 0 aromatic carbocycles. The highest BCUT2D eigenvalue weighted by molar-refractivity contribution is 5.74. The molecule has 1 aromatic heterocycles. The van der Waals surface area contributed by atoms with Crippen molar-refractivity contribution in [2.75, 3.05) is 13.1 Å². The van der Waals surface area contributed by atoms with Gasteiger partial charge in [-0.25, -0.2) is 4.79 Å². The molecule has 2 amide bonds. The van der Waals surface area contributed by atoms with Crippen LogP contribution in [0.3, 0.4) is 0 Å². The molecule has 2 heterocycles. The minimum Gasteiger partial charge on any atom is -0.361 e. The van der Waals surface area contributed by atoms with Crippen LogP contribution in [0.15, 0.2) is 4.52 Å². The van der Waals surface area contributed by atoms with E-state index in [0.717, 1.165) is 56.6 Å². The maximum atomic E-state index is 12.3. The Balaban J connectivity index is 1.46. The van der Waals surface area contributed by atoms with E-state index in [1.807, 2.05) is 6.92 Å². The number of likely N-dealkylation sites (tertiary alicyclic amines) is 1. The van der Waals surface area contributed by atoms with Crippen LogP contribution in [0.25, 0.3) is 0 Å². The standard InChI is InChI=1S/C20H34N4O2/c1-4-18-19(15(3)26-23-18)14(2)24-12-10-17(11-13-24)22-20(25)21-16-8-6-5-7-9-16/h14,16-17H,4-13H2,1-3H3,(H2,21,22,25). The molecule has 2 fully saturated rings. The molecule has 26 heavy (non-hydrogen) atoms. The number of nitrogens with one attached hydrogen (secondary N) is 2. The Hall–Kier alpha value is -1.56. The second-order valence-corrected chi connectivity index (χ2v) is 7.89. The van der Waals surface area contributed by atoms with Crippen molar-refractivity contribution in [2.45, 2.75) is 90.3 Å². The lowest BCUT2D eigenvalue weighted by Crippen LogP contribution is -2.50. The predicted octanol–water partition coefficient (Wildman–Crippen LogP) is 3.70. The third-order valence-electron chi connectivity index (χ3n) is 6.09. The number of urea groups is 1. The van der Waals surface area contributed by atoms with Gasteiger partial charge >= 0.3 is 6.03 Å². The van der Waals surface area contributed by atoms with E-state index in [4.69, 9.17) is 4.52 Å². The van der Waals surface area contributed by atoms with Crippen LogP contribution in [0.2, 0.25) is 0 Å². The van der Waals surface area contributed by atoms with Gasteiger partial charge in [0.15, 0.2) is 0 Å². The summed E-state index contributed by atoms with van der Waals surface area (Å²) in [5.41, 5.74) is 2.32. The number of carbonyl (C=O) groups is 1. The average Bonchev–Trinajstić information content (AvgIpc) is 3.03. The molecule has 2 N–H and O–H groups in total. The van der Waals surface area contributed by atoms with Gasteiger partial charge in [-0.15, -0.1) is 0 Å². The number of carbonyl (C=O) groups excluding carboxylic acids is 1. The van der Waals surface area contributed by atoms with E-state index in [-0.39, 0.29) is 12.1 Å². The van der Waals surface area contributed by atoms with Crippen molar-refractivity contribution in [3.05, 3.63) is 17.0 Å². The lowest BCUT2D eigenvalue weighted by Gasteiger charge is -2.36. The maximum absolute atomic E-state index is 12.3. The largest absolute Gasteiger partial charge is 0.361 e. The van der Waals surface area contributed by atoms with Gasteiger partial charge in [0.25, 0.3) is 0 Å². The van der Waals surface area contributed by atoms with Crippen LogP contribution >= 0.6 is 0 Å². The summed E-state index contributed by atoms with van der Waals surface area (Å²) in [6.45, 7) is 8.34. The molecule has 1 unspecified atom stereocenters. The normalized spacial score (nSPS) is 21.5. The summed E-state index contributed by atoms with van der Waals surface area (Å²) in [4.78, 5) is 14.7. The first kappa shape index (κ1) is 19.2. The van der Waals surface area contributed by atoms with Crippen LogP contribution < -0.4 is 10.6 Å². The number of amides is 2. The molecule has 2 aliphatic rings. The smallest absolute Gasteiger partial charge is 0.315 e. The van der Waals surface area contributed by atoms with E-state index in [2.05, 4.69) is 34.5 Å². The van der Waals surface area contributed by atoms with Gasteiger partial charge in [0.1, 0.15) is 5.76 Å². The third kappa shape index (κ3) is 4.58. The zero-order chi connectivity index (χ0) is 18.5. The molecule has 6 heteroatoms. The van der Waals surface area contributed by atoms with Crippen molar-refractivity contribution >= 4 is 6.03 Å². The van der Waals surface area contributed by atoms with Gasteiger partial charge in [-0.3, -0.25) is 4.90 Å². The second-order valence-electron chi connectivity index (χ2n) is 7.89. The summed E-state index contributed by atoms with van der Waals surface area (Å²) in [5.74, 6) is 0.932. The summed E-state index contributed by atoms with van der Waals surface area (Å²) in [6, 6.07) is 0.976. The Bertz CT molecular complexity index is 587. The van der Waals surface area contributed by atoms with Crippen LogP contribution in [-0.2, 0) is 6.42 Å². The third-order valence-corrected chi connectivity index (χ3v) is 6.09. The van der Waals surface area contributed by atoms with Crippen LogP contribution in [0.4, 0.5) is 4.79 Å². The van der Waals surface area contributed by atoms with Crippen molar-refractivity contribution in [3.8, 4) is 0 Å². The second kappa shape index (κ2) is 8.89. The van der Waals surface area contributed by atoms with E-state index in [9.17, 15) is 4.79 Å². The Morgan fingerprint density at radius 1 is 1.15 bits per heavy atom. The summed E-state index contributed by atoms with van der Waals surface area (Å²) in [6.07, 6.45) is 8.93. The Labute approximate surface area is 157 Å². The van der Waals surface area contributed by atoms with Gasteiger partial charge < -0.3 is 15.2 Å². The van der Waals surface area contributed by atoms with Gasteiger partial charge in [0.2, 0.25) is 0 Å². The maximum Gasteiger partial charge on any atom is 0.315 e. The number of piperidine rings is 1. The summed E-state index contributed by atoms with van der Waals surface area (Å²) < 4.78 is 5.40. The Morgan fingerprint density at radius 2 is 1.77 bits per heavy atom. The van der Waals surface area contributed by atoms with Crippen molar-refractivity contribution in [2.24, 2.45) is 0 Å². The molecular weight excluding hydrogens is 328 g/mol. The van der Waals surface area contributed by atoms with Gasteiger partial charge in [0, 0.05) is 36.8 Å². The topological polar surface area (TPSA) is 70.4 Å². The van der Waals surface area contributed by atoms with E-state index in [1.54, 1.807) is 0 Å². The molecule has 1 aliphatic carbocycles. The minimum absolute atomic E-state index is 0.0200. The highest BCUT2D eigenvalue weighted by atomic mass is 16.5. The minimum atomic E-state index is 0.0200. The average molecular weight is 363 g/mol. The fourth-order valence-electron chi connectivity index (χ4n) is 4.49. The van der Waals surface area contributed by atoms with Crippen LogP contribution in [0.1, 0.15) is 81.9 Å². The molecule has 1 saturated heterocycles. The van der Waals surface area contributed by atoms with Crippen molar-refractivity contribution < 1.29 is 9.32 Å². The first-order valence-corrected chi connectivity index (χ1v) is 10.3. The van der Waals surface area contributed by atoms with Crippen molar-refractivity contribution in [3.63, 3.8) is 0 Å². The number of aromatic nitrogens is 1. The number of hydrogen-bond acceptors (Lipinski definition) is 4. The zero-order valence-electron chi connectivity index (χ0n) is 16.5. The molecule has 3 rings (SSSR count). The molecule has 1 atom stereocenters. The Morgan fingerprint density at radius 3 is 2.38 bits per heavy atom. The van der Waals surface area contributed by atoms with Crippen LogP contribution in [0.5, 0.6) is 0 Å². The molecule has 0 bridgehead atoms. The quantitative estimate of drug-likeness (QED) is 0.838. The van der Waals surface area contributed by atoms with E-state index < -0.39 is 0 Å². The Kier molecular flexibility index (Phi) is 6.57. The van der Waals surface area contributed by atoms with Crippen LogP contribution in [0, 0.1) is 6.92 Å². The van der Waals surface area contributed by atoms with Gasteiger partial charge in [-0.1, -0.05) is 31.3 Å². The lowest BCUT2D eigenvalue weighted by atomic mass is 9.95. The van der Waals surface area contributed by atoms with Crippen molar-refractivity contribution in [1.29, 1.82) is 0 Å². The summed E-state index contributed by atoms with van der Waals surface area (Å²) in [5, 5.41) is 10.5. The number of hydrogen-bond donors (Lipinski definition) is 2. The van der Waals surface area contributed by atoms with E-state index in [1.165, 1.54) is 24.8 Å². The monoisotopic (exact) mass is 362 g/mol. The molecule has 1 aliphatic heterocycles. The number of rotatable bonds is 5. The molecule has 0 radical (unpaired) electrons. The molecule has 1 saturated carbocycles. The van der Waals surface area contributed by atoms with Crippen LogP contribution in [-0.4, -0.2) is 41.3 Å². The molecule has 1 aromatic rings. The number of nitrogens with zero attached hydrogens (tertiary/aromatic N) is 2.